The summed E-state index contributed by atoms with van der Waals surface area (Å²) in [5.74, 6) is 1.96. The van der Waals surface area contributed by atoms with Crippen LogP contribution in [0.3, 0.4) is 0 Å². The Labute approximate surface area is 115 Å². The molecule has 2 heterocycles. The molecule has 1 aliphatic rings. The van der Waals surface area contributed by atoms with Crippen LogP contribution in [-0.4, -0.2) is 47.6 Å². The van der Waals surface area contributed by atoms with E-state index < -0.39 is 0 Å². The molecule has 19 heavy (non-hydrogen) atoms. The number of likely N-dealkylation sites (tertiary alicyclic amines) is 1. The Hall–Kier alpha value is -1.36. The number of hydrogen-bond donors (Lipinski definition) is 2. The molecule has 5 heteroatoms. The van der Waals surface area contributed by atoms with Gasteiger partial charge in [-0.25, -0.2) is 9.97 Å². The molecule has 0 aliphatic carbocycles. The van der Waals surface area contributed by atoms with Gasteiger partial charge in [0.2, 0.25) is 0 Å². The summed E-state index contributed by atoms with van der Waals surface area (Å²) in [6, 6.07) is 0.494. The molecule has 1 aliphatic heterocycles. The molecule has 0 spiro atoms. The fraction of sp³-hybridized carbons (Fsp3) is 0.714. The van der Waals surface area contributed by atoms with Gasteiger partial charge in [-0.2, -0.15) is 0 Å². The summed E-state index contributed by atoms with van der Waals surface area (Å²) in [6.07, 6.45) is 5.05. The van der Waals surface area contributed by atoms with Gasteiger partial charge < -0.3 is 15.5 Å². The van der Waals surface area contributed by atoms with Crippen molar-refractivity contribution in [3.8, 4) is 0 Å². The van der Waals surface area contributed by atoms with E-state index in [1.807, 2.05) is 0 Å². The molecule has 0 aromatic carbocycles. The van der Waals surface area contributed by atoms with Gasteiger partial charge in [-0.1, -0.05) is 6.92 Å². The van der Waals surface area contributed by atoms with Crippen LogP contribution in [0.2, 0.25) is 0 Å². The molecule has 0 bridgehead atoms. The molecule has 5 nitrogen and oxygen atoms in total. The van der Waals surface area contributed by atoms with Gasteiger partial charge in [-0.05, 0) is 39.8 Å². The number of anilines is 2. The number of aromatic nitrogens is 2. The van der Waals surface area contributed by atoms with Crippen LogP contribution in [0, 0.1) is 0 Å². The summed E-state index contributed by atoms with van der Waals surface area (Å²) in [7, 11) is 2.18. The lowest BCUT2D eigenvalue weighted by atomic mass is 10.1. The van der Waals surface area contributed by atoms with Crippen molar-refractivity contribution < 1.29 is 0 Å². The third-order valence-corrected chi connectivity index (χ3v) is 3.61. The van der Waals surface area contributed by atoms with Crippen LogP contribution in [0.25, 0.3) is 0 Å². The van der Waals surface area contributed by atoms with Crippen LogP contribution in [-0.2, 0) is 6.42 Å². The highest BCUT2D eigenvalue weighted by Gasteiger charge is 2.19. The molecule has 1 atom stereocenters. The predicted molar refractivity (Wildman–Crippen MR) is 79.7 cm³/mol. The van der Waals surface area contributed by atoms with Crippen molar-refractivity contribution in [2.75, 3.05) is 37.3 Å². The van der Waals surface area contributed by atoms with E-state index in [-0.39, 0.29) is 0 Å². The monoisotopic (exact) mass is 263 g/mol. The molecule has 0 saturated carbocycles. The summed E-state index contributed by atoms with van der Waals surface area (Å²) >= 11 is 0. The Morgan fingerprint density at radius 1 is 1.32 bits per heavy atom. The van der Waals surface area contributed by atoms with E-state index in [1.54, 1.807) is 6.33 Å². The van der Waals surface area contributed by atoms with Crippen molar-refractivity contribution >= 4 is 11.6 Å². The van der Waals surface area contributed by atoms with E-state index in [2.05, 4.69) is 46.4 Å². The second kappa shape index (κ2) is 6.70. The topological polar surface area (TPSA) is 53.1 Å². The van der Waals surface area contributed by atoms with E-state index in [0.29, 0.717) is 6.04 Å². The largest absolute Gasteiger partial charge is 0.370 e. The number of nitrogens with zero attached hydrogens (tertiary/aromatic N) is 3. The average molecular weight is 263 g/mol. The van der Waals surface area contributed by atoms with Crippen LogP contribution in [0.15, 0.2) is 6.33 Å². The second-order valence-corrected chi connectivity index (χ2v) is 5.18. The summed E-state index contributed by atoms with van der Waals surface area (Å²) in [4.78, 5) is 11.1. The van der Waals surface area contributed by atoms with Crippen LogP contribution >= 0.6 is 0 Å². The Morgan fingerprint density at radius 3 is 2.79 bits per heavy atom. The van der Waals surface area contributed by atoms with Crippen LogP contribution in [0.5, 0.6) is 0 Å². The minimum Gasteiger partial charge on any atom is -0.370 e. The third-order valence-electron chi connectivity index (χ3n) is 3.61. The summed E-state index contributed by atoms with van der Waals surface area (Å²) in [6.45, 7) is 7.41. The number of nitrogens with one attached hydrogen (secondary N) is 2. The van der Waals surface area contributed by atoms with E-state index in [4.69, 9.17) is 0 Å². The number of piperidine rings is 1. The second-order valence-electron chi connectivity index (χ2n) is 5.18. The quantitative estimate of drug-likeness (QED) is 0.850. The van der Waals surface area contributed by atoms with Crippen molar-refractivity contribution in [2.45, 2.75) is 39.2 Å². The van der Waals surface area contributed by atoms with Crippen molar-refractivity contribution in [1.82, 2.24) is 14.9 Å². The minimum atomic E-state index is 0.494. The zero-order chi connectivity index (χ0) is 13.7. The Bertz CT molecular complexity index is 407. The number of hydrogen-bond acceptors (Lipinski definition) is 5. The number of likely N-dealkylation sites (N-methyl/N-ethyl adjacent to an activating group) is 1. The van der Waals surface area contributed by atoms with E-state index in [9.17, 15) is 0 Å². The summed E-state index contributed by atoms with van der Waals surface area (Å²) in [5.41, 5.74) is 1.19. The first-order valence-corrected chi connectivity index (χ1v) is 7.27. The fourth-order valence-electron chi connectivity index (χ4n) is 2.67. The van der Waals surface area contributed by atoms with Crippen molar-refractivity contribution in [3.63, 3.8) is 0 Å². The lowest BCUT2D eigenvalue weighted by Gasteiger charge is -2.31. The minimum absolute atomic E-state index is 0.494. The maximum Gasteiger partial charge on any atom is 0.134 e. The van der Waals surface area contributed by atoms with Gasteiger partial charge in [0.15, 0.2) is 0 Å². The molecule has 1 saturated heterocycles. The highest BCUT2D eigenvalue weighted by molar-refractivity contribution is 5.57. The van der Waals surface area contributed by atoms with Crippen LogP contribution in [0.1, 0.15) is 32.3 Å². The van der Waals surface area contributed by atoms with Gasteiger partial charge in [0, 0.05) is 24.7 Å². The Morgan fingerprint density at radius 2 is 2.11 bits per heavy atom. The fourth-order valence-corrected chi connectivity index (χ4v) is 2.67. The molecular weight excluding hydrogens is 238 g/mol. The molecule has 1 aromatic heterocycles. The predicted octanol–water partition coefficient (Wildman–Crippen LogP) is 1.98. The zero-order valence-corrected chi connectivity index (χ0v) is 12.2. The SMILES string of the molecule is CCNc1ncnc(NC2CCCN(C)C2)c1CC. The lowest BCUT2D eigenvalue weighted by molar-refractivity contribution is 0.260. The van der Waals surface area contributed by atoms with E-state index in [0.717, 1.165) is 31.1 Å². The molecular formula is C14H25N5. The van der Waals surface area contributed by atoms with Crippen molar-refractivity contribution in [1.29, 1.82) is 0 Å². The summed E-state index contributed by atoms with van der Waals surface area (Å²) in [5, 5.41) is 6.91. The first-order valence-electron chi connectivity index (χ1n) is 7.27. The first-order chi connectivity index (χ1) is 9.24. The van der Waals surface area contributed by atoms with Gasteiger partial charge in [-0.15, -0.1) is 0 Å². The van der Waals surface area contributed by atoms with Crippen LogP contribution < -0.4 is 10.6 Å². The molecule has 1 aromatic rings. The highest BCUT2D eigenvalue weighted by atomic mass is 15.2. The van der Waals surface area contributed by atoms with Gasteiger partial charge in [0.25, 0.3) is 0 Å². The Balaban J connectivity index is 2.12. The molecule has 0 amide bonds. The Kier molecular flexibility index (Phi) is 4.96. The van der Waals surface area contributed by atoms with Gasteiger partial charge in [0.1, 0.15) is 18.0 Å². The maximum atomic E-state index is 4.43. The zero-order valence-electron chi connectivity index (χ0n) is 12.2. The van der Waals surface area contributed by atoms with Gasteiger partial charge in [-0.3, -0.25) is 0 Å². The molecule has 1 fully saturated rings. The third kappa shape index (κ3) is 3.56. The van der Waals surface area contributed by atoms with E-state index >= 15 is 0 Å². The van der Waals surface area contributed by atoms with E-state index in [1.165, 1.54) is 24.9 Å². The lowest BCUT2D eigenvalue weighted by Crippen LogP contribution is -2.40. The molecule has 0 radical (unpaired) electrons. The van der Waals surface area contributed by atoms with Crippen molar-refractivity contribution in [2.24, 2.45) is 0 Å². The molecule has 1 unspecified atom stereocenters. The standard InChI is InChI=1S/C14H25N5/c1-4-12-13(15-5-2)16-10-17-14(12)18-11-7-6-8-19(3)9-11/h10-11H,4-9H2,1-3H3,(H2,15,16,17,18). The normalized spacial score (nSPS) is 20.3. The molecule has 106 valence electrons. The summed E-state index contributed by atoms with van der Waals surface area (Å²) < 4.78 is 0. The smallest absolute Gasteiger partial charge is 0.134 e. The van der Waals surface area contributed by atoms with Gasteiger partial charge >= 0.3 is 0 Å². The average Bonchev–Trinajstić information content (AvgIpc) is 2.39. The van der Waals surface area contributed by atoms with Crippen LogP contribution in [0.4, 0.5) is 11.6 Å². The van der Waals surface area contributed by atoms with Crippen molar-refractivity contribution in [3.05, 3.63) is 11.9 Å². The van der Waals surface area contributed by atoms with Gasteiger partial charge in [0.05, 0.1) is 0 Å². The molecule has 2 rings (SSSR count). The highest BCUT2D eigenvalue weighted by Crippen LogP contribution is 2.22. The number of rotatable bonds is 5. The molecule has 2 N–H and O–H groups in total. The maximum absolute atomic E-state index is 4.43. The first kappa shape index (κ1) is 14.1.